The third kappa shape index (κ3) is 3.74. The monoisotopic (exact) mass is 224 g/mol. The Bertz CT molecular complexity index is 193. The van der Waals surface area contributed by atoms with E-state index < -0.39 is 0 Å². The van der Waals surface area contributed by atoms with Crippen molar-refractivity contribution in [3.05, 3.63) is 0 Å². The van der Waals surface area contributed by atoms with E-state index in [2.05, 4.69) is 17.6 Å². The summed E-state index contributed by atoms with van der Waals surface area (Å²) in [6, 6.07) is 0. The lowest BCUT2D eigenvalue weighted by atomic mass is 9.94. The second kappa shape index (κ2) is 6.02. The van der Waals surface area contributed by atoms with E-state index in [0.717, 1.165) is 11.3 Å². The Kier molecular flexibility index (Phi) is 4.66. The number of hydrogen-bond acceptors (Lipinski definition) is 2. The zero-order chi connectivity index (χ0) is 11.3. The maximum Gasteiger partial charge on any atom is 0.000781 e. The lowest BCUT2D eigenvalue weighted by Crippen LogP contribution is -2.31. The molecule has 1 saturated carbocycles. The average molecular weight is 224 g/mol. The second-order valence-electron chi connectivity index (χ2n) is 5.91. The SMILES string of the molecule is CCCC1(CNCCC2CCNCC2)CC1. The molecule has 2 rings (SSSR count). The highest BCUT2D eigenvalue weighted by Gasteiger charge is 2.40. The molecule has 0 atom stereocenters. The van der Waals surface area contributed by atoms with Crippen LogP contribution in [-0.2, 0) is 0 Å². The van der Waals surface area contributed by atoms with Gasteiger partial charge in [-0.1, -0.05) is 13.3 Å². The predicted octanol–water partition coefficient (Wildman–Crippen LogP) is 2.55. The molecule has 0 aromatic rings. The molecule has 1 aliphatic heterocycles. The largest absolute Gasteiger partial charge is 0.317 e. The molecular weight excluding hydrogens is 196 g/mol. The van der Waals surface area contributed by atoms with E-state index in [1.807, 2.05) is 0 Å². The quantitative estimate of drug-likeness (QED) is 0.649. The topological polar surface area (TPSA) is 24.1 Å². The van der Waals surface area contributed by atoms with Crippen LogP contribution in [0.4, 0.5) is 0 Å². The Morgan fingerprint density at radius 1 is 1.25 bits per heavy atom. The Labute approximate surface area is 101 Å². The van der Waals surface area contributed by atoms with Gasteiger partial charge in [0, 0.05) is 6.54 Å². The Morgan fingerprint density at radius 3 is 2.62 bits per heavy atom. The molecule has 1 saturated heterocycles. The van der Waals surface area contributed by atoms with Gasteiger partial charge in [0.15, 0.2) is 0 Å². The molecule has 0 bridgehead atoms. The molecular formula is C14H28N2. The van der Waals surface area contributed by atoms with Gasteiger partial charge in [0.2, 0.25) is 0 Å². The Morgan fingerprint density at radius 2 is 2.00 bits per heavy atom. The predicted molar refractivity (Wildman–Crippen MR) is 69.7 cm³/mol. The number of rotatable bonds is 7. The minimum Gasteiger partial charge on any atom is -0.317 e. The van der Waals surface area contributed by atoms with Crippen LogP contribution in [0.1, 0.15) is 51.9 Å². The maximum atomic E-state index is 3.70. The fourth-order valence-corrected chi connectivity index (χ4v) is 3.05. The van der Waals surface area contributed by atoms with Crippen molar-refractivity contribution in [3.8, 4) is 0 Å². The summed E-state index contributed by atoms with van der Waals surface area (Å²) in [4.78, 5) is 0. The molecule has 0 unspecified atom stereocenters. The van der Waals surface area contributed by atoms with E-state index >= 15 is 0 Å². The molecule has 94 valence electrons. The van der Waals surface area contributed by atoms with Gasteiger partial charge < -0.3 is 10.6 Å². The number of hydrogen-bond donors (Lipinski definition) is 2. The van der Waals surface area contributed by atoms with Gasteiger partial charge in [0.05, 0.1) is 0 Å². The van der Waals surface area contributed by atoms with E-state index in [1.165, 1.54) is 71.1 Å². The fraction of sp³-hybridized carbons (Fsp3) is 1.00. The first-order valence-electron chi connectivity index (χ1n) is 7.26. The van der Waals surface area contributed by atoms with Crippen molar-refractivity contribution in [3.63, 3.8) is 0 Å². The molecule has 0 amide bonds. The van der Waals surface area contributed by atoms with Crippen LogP contribution in [0.5, 0.6) is 0 Å². The van der Waals surface area contributed by atoms with Crippen LogP contribution in [0.2, 0.25) is 0 Å². The molecule has 0 spiro atoms. The van der Waals surface area contributed by atoms with Crippen LogP contribution in [0, 0.1) is 11.3 Å². The van der Waals surface area contributed by atoms with Crippen LogP contribution in [-0.4, -0.2) is 26.2 Å². The summed E-state index contributed by atoms with van der Waals surface area (Å²) in [7, 11) is 0. The lowest BCUT2D eigenvalue weighted by molar-refractivity contribution is 0.338. The van der Waals surface area contributed by atoms with E-state index in [1.54, 1.807) is 0 Å². The molecule has 0 aromatic heterocycles. The van der Waals surface area contributed by atoms with E-state index in [4.69, 9.17) is 0 Å². The highest BCUT2D eigenvalue weighted by atomic mass is 14.9. The van der Waals surface area contributed by atoms with E-state index in [0.29, 0.717) is 0 Å². The van der Waals surface area contributed by atoms with Crippen molar-refractivity contribution in [2.75, 3.05) is 26.2 Å². The zero-order valence-corrected chi connectivity index (χ0v) is 10.9. The Hall–Kier alpha value is -0.0800. The molecule has 0 aromatic carbocycles. The van der Waals surface area contributed by atoms with Gasteiger partial charge >= 0.3 is 0 Å². The van der Waals surface area contributed by atoms with Crippen molar-refractivity contribution >= 4 is 0 Å². The summed E-state index contributed by atoms with van der Waals surface area (Å²) < 4.78 is 0. The van der Waals surface area contributed by atoms with Crippen molar-refractivity contribution in [1.29, 1.82) is 0 Å². The molecule has 2 nitrogen and oxygen atoms in total. The van der Waals surface area contributed by atoms with Gasteiger partial charge in [-0.05, 0) is 69.5 Å². The zero-order valence-electron chi connectivity index (χ0n) is 10.9. The third-order valence-corrected chi connectivity index (χ3v) is 4.43. The molecule has 1 heterocycles. The van der Waals surface area contributed by atoms with Crippen LogP contribution < -0.4 is 10.6 Å². The lowest BCUT2D eigenvalue weighted by Gasteiger charge is -2.23. The molecule has 1 aliphatic carbocycles. The van der Waals surface area contributed by atoms with Gasteiger partial charge in [-0.3, -0.25) is 0 Å². The normalized spacial score (nSPS) is 24.6. The fourth-order valence-electron chi connectivity index (χ4n) is 3.05. The maximum absolute atomic E-state index is 3.70. The second-order valence-corrected chi connectivity index (χ2v) is 5.91. The minimum absolute atomic E-state index is 0.725. The molecule has 2 fully saturated rings. The van der Waals surface area contributed by atoms with Crippen LogP contribution >= 0.6 is 0 Å². The van der Waals surface area contributed by atoms with Crippen LogP contribution in [0.25, 0.3) is 0 Å². The highest BCUT2D eigenvalue weighted by molar-refractivity contribution is 4.94. The van der Waals surface area contributed by atoms with E-state index in [9.17, 15) is 0 Å². The van der Waals surface area contributed by atoms with Crippen molar-refractivity contribution in [2.45, 2.75) is 51.9 Å². The average Bonchev–Trinajstić information content (AvgIpc) is 3.07. The van der Waals surface area contributed by atoms with Gasteiger partial charge in [-0.25, -0.2) is 0 Å². The van der Waals surface area contributed by atoms with Gasteiger partial charge in [-0.2, -0.15) is 0 Å². The molecule has 2 N–H and O–H groups in total. The first kappa shape index (κ1) is 12.4. The standard InChI is InChI=1S/C14H28N2/c1-2-6-14(7-8-14)12-16-11-5-13-3-9-15-10-4-13/h13,15-16H,2-12H2,1H3. The summed E-state index contributed by atoms with van der Waals surface area (Å²) in [5.41, 5.74) is 0.725. The van der Waals surface area contributed by atoms with Gasteiger partial charge in [0.25, 0.3) is 0 Å². The highest BCUT2D eigenvalue weighted by Crippen LogP contribution is 2.48. The van der Waals surface area contributed by atoms with Crippen molar-refractivity contribution in [2.24, 2.45) is 11.3 Å². The molecule has 16 heavy (non-hydrogen) atoms. The molecule has 2 heteroatoms. The van der Waals surface area contributed by atoms with Crippen LogP contribution in [0.3, 0.4) is 0 Å². The summed E-state index contributed by atoms with van der Waals surface area (Å²) in [5.74, 6) is 0.982. The smallest absolute Gasteiger partial charge is 0.000781 e. The first-order valence-corrected chi connectivity index (χ1v) is 7.26. The first-order chi connectivity index (χ1) is 7.85. The number of nitrogens with one attached hydrogen (secondary N) is 2. The summed E-state index contributed by atoms with van der Waals surface area (Å²) >= 11 is 0. The Balaban J connectivity index is 1.51. The summed E-state index contributed by atoms with van der Waals surface area (Å²) in [5, 5.41) is 7.14. The number of piperidine rings is 1. The third-order valence-electron chi connectivity index (χ3n) is 4.43. The molecule has 2 aliphatic rings. The van der Waals surface area contributed by atoms with Crippen molar-refractivity contribution in [1.82, 2.24) is 10.6 Å². The van der Waals surface area contributed by atoms with Gasteiger partial charge in [-0.15, -0.1) is 0 Å². The van der Waals surface area contributed by atoms with Crippen molar-refractivity contribution < 1.29 is 0 Å². The van der Waals surface area contributed by atoms with Gasteiger partial charge in [0.1, 0.15) is 0 Å². The van der Waals surface area contributed by atoms with E-state index in [-0.39, 0.29) is 0 Å². The minimum atomic E-state index is 0.725. The summed E-state index contributed by atoms with van der Waals surface area (Å²) in [6.45, 7) is 7.33. The summed E-state index contributed by atoms with van der Waals surface area (Å²) in [6.07, 6.45) is 9.92. The van der Waals surface area contributed by atoms with Crippen LogP contribution in [0.15, 0.2) is 0 Å². The molecule has 0 radical (unpaired) electrons.